The summed E-state index contributed by atoms with van der Waals surface area (Å²) < 4.78 is 0. The van der Waals surface area contributed by atoms with Crippen molar-refractivity contribution in [1.82, 2.24) is 5.32 Å². The zero-order valence-corrected chi connectivity index (χ0v) is 15.3. The third kappa shape index (κ3) is 4.85. The minimum Gasteiger partial charge on any atom is -0.366 e. The molecule has 8 nitrogen and oxygen atoms in total. The second kappa shape index (κ2) is 8.98. The molecule has 1 saturated heterocycles. The van der Waals surface area contributed by atoms with Gasteiger partial charge in [-0.1, -0.05) is 30.3 Å². The largest absolute Gasteiger partial charge is 0.366 e. The van der Waals surface area contributed by atoms with E-state index in [2.05, 4.69) is 10.6 Å². The number of rotatable bonds is 6. The number of benzene rings is 2. The van der Waals surface area contributed by atoms with Gasteiger partial charge >= 0.3 is 0 Å². The topological polar surface area (TPSA) is 105 Å². The number of amides is 2. The number of para-hydroxylation sites is 3. The lowest BCUT2D eigenvalue weighted by molar-refractivity contribution is -0.384. The first-order valence-corrected chi connectivity index (χ1v) is 9.15. The van der Waals surface area contributed by atoms with E-state index in [0.717, 1.165) is 0 Å². The van der Waals surface area contributed by atoms with Crippen LogP contribution in [0.25, 0.3) is 0 Å². The van der Waals surface area contributed by atoms with Crippen LogP contribution in [0.3, 0.4) is 0 Å². The molecular formula is C20H22N4O4. The van der Waals surface area contributed by atoms with E-state index in [1.54, 1.807) is 30.3 Å². The van der Waals surface area contributed by atoms with Gasteiger partial charge in [-0.05, 0) is 31.0 Å². The normalized spacial score (nSPS) is 14.4. The lowest BCUT2D eigenvalue weighted by Crippen LogP contribution is -2.42. The molecule has 0 aromatic heterocycles. The summed E-state index contributed by atoms with van der Waals surface area (Å²) in [5.74, 6) is -0.647. The summed E-state index contributed by atoms with van der Waals surface area (Å²) in [4.78, 5) is 37.0. The quantitative estimate of drug-likeness (QED) is 0.590. The zero-order chi connectivity index (χ0) is 19.9. The molecule has 2 N–H and O–H groups in total. The number of nitro benzene ring substituents is 1. The molecule has 1 fully saturated rings. The molecule has 0 atom stereocenters. The van der Waals surface area contributed by atoms with Gasteiger partial charge in [-0.25, -0.2) is 0 Å². The standard InChI is InChI=1S/C20H22N4O4/c25-19(22-16-6-2-1-3-7-16)14-21-20(26)15-10-12-23(13-11-15)17-8-4-5-9-18(17)24(27)28/h1-9,15H,10-14H2,(H,21,26)(H,22,25). The van der Waals surface area contributed by atoms with E-state index >= 15 is 0 Å². The van der Waals surface area contributed by atoms with E-state index in [-0.39, 0.29) is 34.9 Å². The molecule has 1 aliphatic rings. The first-order chi connectivity index (χ1) is 13.5. The lowest BCUT2D eigenvalue weighted by atomic mass is 9.95. The molecule has 146 valence electrons. The average Bonchev–Trinajstić information content (AvgIpc) is 2.73. The van der Waals surface area contributed by atoms with Gasteiger partial charge in [0.1, 0.15) is 5.69 Å². The van der Waals surface area contributed by atoms with Crippen LogP contribution in [0.2, 0.25) is 0 Å². The van der Waals surface area contributed by atoms with Crippen molar-refractivity contribution < 1.29 is 14.5 Å². The van der Waals surface area contributed by atoms with Crippen LogP contribution in [0.5, 0.6) is 0 Å². The maximum atomic E-state index is 12.4. The van der Waals surface area contributed by atoms with Gasteiger partial charge < -0.3 is 15.5 Å². The minimum atomic E-state index is -0.389. The van der Waals surface area contributed by atoms with Crippen LogP contribution in [-0.2, 0) is 9.59 Å². The monoisotopic (exact) mass is 382 g/mol. The highest BCUT2D eigenvalue weighted by Gasteiger charge is 2.28. The second-order valence-corrected chi connectivity index (χ2v) is 6.64. The Labute approximate surface area is 162 Å². The maximum Gasteiger partial charge on any atom is 0.292 e. The molecule has 0 aliphatic carbocycles. The molecule has 8 heteroatoms. The molecule has 2 aromatic carbocycles. The molecule has 0 saturated carbocycles. The van der Waals surface area contributed by atoms with Crippen molar-refractivity contribution in [2.75, 3.05) is 29.9 Å². The Kier molecular flexibility index (Phi) is 6.21. The fourth-order valence-corrected chi connectivity index (χ4v) is 3.31. The predicted molar refractivity (Wildman–Crippen MR) is 106 cm³/mol. The molecule has 2 amide bonds. The molecule has 0 radical (unpaired) electrons. The Balaban J connectivity index is 1.48. The average molecular weight is 382 g/mol. The maximum absolute atomic E-state index is 12.4. The van der Waals surface area contributed by atoms with E-state index in [1.165, 1.54) is 6.07 Å². The summed E-state index contributed by atoms with van der Waals surface area (Å²) in [7, 11) is 0. The fourth-order valence-electron chi connectivity index (χ4n) is 3.31. The third-order valence-corrected chi connectivity index (χ3v) is 4.77. The zero-order valence-electron chi connectivity index (χ0n) is 15.3. The van der Waals surface area contributed by atoms with Gasteiger partial charge in [0.25, 0.3) is 5.69 Å². The van der Waals surface area contributed by atoms with E-state index in [9.17, 15) is 19.7 Å². The van der Waals surface area contributed by atoms with Crippen LogP contribution in [0.4, 0.5) is 17.1 Å². The molecule has 1 heterocycles. The van der Waals surface area contributed by atoms with Crippen LogP contribution in [0.15, 0.2) is 54.6 Å². The molecule has 2 aromatic rings. The summed E-state index contributed by atoms with van der Waals surface area (Å²) >= 11 is 0. The summed E-state index contributed by atoms with van der Waals surface area (Å²) in [5.41, 5.74) is 1.33. The van der Waals surface area contributed by atoms with Crippen LogP contribution in [0, 0.1) is 16.0 Å². The number of nitrogens with zero attached hydrogens (tertiary/aromatic N) is 2. The highest BCUT2D eigenvalue weighted by molar-refractivity contribution is 5.94. The van der Waals surface area contributed by atoms with Crippen LogP contribution in [-0.4, -0.2) is 36.4 Å². The van der Waals surface area contributed by atoms with Gasteiger partial charge in [-0.3, -0.25) is 19.7 Å². The SMILES string of the molecule is O=C(CNC(=O)C1CCN(c2ccccc2[N+](=O)[O-])CC1)Nc1ccccc1. The summed E-state index contributed by atoms with van der Waals surface area (Å²) in [6.07, 6.45) is 1.16. The highest BCUT2D eigenvalue weighted by Crippen LogP contribution is 2.31. The van der Waals surface area contributed by atoms with Crippen LogP contribution in [0.1, 0.15) is 12.8 Å². The Hall–Kier alpha value is -3.42. The molecule has 28 heavy (non-hydrogen) atoms. The Morgan fingerprint density at radius 2 is 1.68 bits per heavy atom. The Morgan fingerprint density at radius 3 is 2.36 bits per heavy atom. The molecule has 0 spiro atoms. The van der Waals surface area contributed by atoms with E-state index in [4.69, 9.17) is 0 Å². The first kappa shape index (κ1) is 19.3. The number of hydrogen-bond acceptors (Lipinski definition) is 5. The van der Waals surface area contributed by atoms with Gasteiger partial charge in [0.2, 0.25) is 11.8 Å². The van der Waals surface area contributed by atoms with Crippen molar-refractivity contribution >= 4 is 28.9 Å². The number of nitrogens with one attached hydrogen (secondary N) is 2. The molecular weight excluding hydrogens is 360 g/mol. The second-order valence-electron chi connectivity index (χ2n) is 6.64. The van der Waals surface area contributed by atoms with Crippen molar-refractivity contribution in [1.29, 1.82) is 0 Å². The van der Waals surface area contributed by atoms with E-state index in [1.807, 2.05) is 23.1 Å². The number of piperidine rings is 1. The van der Waals surface area contributed by atoms with Gasteiger partial charge in [0.05, 0.1) is 11.5 Å². The highest BCUT2D eigenvalue weighted by atomic mass is 16.6. The predicted octanol–water partition coefficient (Wildman–Crippen LogP) is 2.57. The Bertz CT molecular complexity index is 848. The van der Waals surface area contributed by atoms with Gasteiger partial charge in [-0.15, -0.1) is 0 Å². The summed E-state index contributed by atoms with van der Waals surface area (Å²) in [6, 6.07) is 15.7. The van der Waals surface area contributed by atoms with Crippen LogP contribution < -0.4 is 15.5 Å². The molecule has 3 rings (SSSR count). The first-order valence-electron chi connectivity index (χ1n) is 9.15. The third-order valence-electron chi connectivity index (χ3n) is 4.77. The number of nitro groups is 1. The fraction of sp³-hybridized carbons (Fsp3) is 0.300. The van der Waals surface area contributed by atoms with Crippen molar-refractivity contribution in [2.24, 2.45) is 5.92 Å². The van der Waals surface area contributed by atoms with Gasteiger partial charge in [0.15, 0.2) is 0 Å². The minimum absolute atomic E-state index is 0.0722. The van der Waals surface area contributed by atoms with Crippen LogP contribution >= 0.6 is 0 Å². The van der Waals surface area contributed by atoms with Crippen molar-refractivity contribution in [2.45, 2.75) is 12.8 Å². The summed E-state index contributed by atoms with van der Waals surface area (Å²) in [6.45, 7) is 1.02. The number of carbonyl (C=O) groups excluding carboxylic acids is 2. The number of carbonyl (C=O) groups is 2. The Morgan fingerprint density at radius 1 is 1.04 bits per heavy atom. The van der Waals surface area contributed by atoms with Crippen molar-refractivity contribution in [3.63, 3.8) is 0 Å². The van der Waals surface area contributed by atoms with E-state index < -0.39 is 0 Å². The summed E-state index contributed by atoms with van der Waals surface area (Å²) in [5, 5.41) is 16.6. The number of anilines is 2. The van der Waals surface area contributed by atoms with Crippen molar-refractivity contribution in [3.05, 3.63) is 64.7 Å². The molecule has 0 bridgehead atoms. The smallest absolute Gasteiger partial charge is 0.292 e. The van der Waals surface area contributed by atoms with Gasteiger partial charge in [0, 0.05) is 30.8 Å². The number of hydrogen-bond donors (Lipinski definition) is 2. The van der Waals surface area contributed by atoms with E-state index in [0.29, 0.717) is 37.3 Å². The molecule has 1 aliphatic heterocycles. The van der Waals surface area contributed by atoms with Gasteiger partial charge in [-0.2, -0.15) is 0 Å². The van der Waals surface area contributed by atoms with Crippen molar-refractivity contribution in [3.8, 4) is 0 Å². The lowest BCUT2D eigenvalue weighted by Gasteiger charge is -2.32. The molecule has 0 unspecified atom stereocenters.